The van der Waals surface area contributed by atoms with Crippen LogP contribution in [0.25, 0.3) is 0 Å². The molecule has 1 aromatic carbocycles. The largest absolute Gasteiger partial charge is 0.447 e. The molecule has 4 nitrogen and oxygen atoms in total. The van der Waals surface area contributed by atoms with Crippen LogP contribution in [0, 0.1) is 5.92 Å². The summed E-state index contributed by atoms with van der Waals surface area (Å²) >= 11 is 0. The van der Waals surface area contributed by atoms with Crippen LogP contribution in [0.3, 0.4) is 0 Å². The Hall–Kier alpha value is -2.10. The molecule has 0 bridgehead atoms. The van der Waals surface area contributed by atoms with Gasteiger partial charge in [0.25, 0.3) is 0 Å². The zero-order valence-corrected chi connectivity index (χ0v) is 11.8. The number of hydrogen-bond donors (Lipinski definition) is 0. The molecule has 2 amide bonds. The lowest BCUT2D eigenvalue weighted by Crippen LogP contribution is -2.42. The van der Waals surface area contributed by atoms with E-state index in [-0.39, 0.29) is 24.5 Å². The lowest BCUT2D eigenvalue weighted by Gasteiger charge is -2.21. The first-order valence-electron chi connectivity index (χ1n) is 6.80. The van der Waals surface area contributed by atoms with E-state index >= 15 is 0 Å². The molecule has 1 unspecified atom stereocenters. The van der Waals surface area contributed by atoms with Crippen molar-refractivity contribution in [2.45, 2.75) is 26.3 Å². The van der Waals surface area contributed by atoms with Crippen LogP contribution < -0.4 is 0 Å². The van der Waals surface area contributed by atoms with E-state index in [1.807, 2.05) is 43.3 Å². The van der Waals surface area contributed by atoms with Gasteiger partial charge in [-0.15, -0.1) is 0 Å². The van der Waals surface area contributed by atoms with Gasteiger partial charge < -0.3 is 4.74 Å². The third-order valence-electron chi connectivity index (χ3n) is 3.38. The van der Waals surface area contributed by atoms with Crippen LogP contribution in [-0.4, -0.2) is 29.5 Å². The molecule has 2 rings (SSSR count). The lowest BCUT2D eigenvalue weighted by molar-refractivity contribution is -0.131. The van der Waals surface area contributed by atoms with E-state index in [0.717, 1.165) is 5.56 Å². The van der Waals surface area contributed by atoms with Gasteiger partial charge >= 0.3 is 6.09 Å². The Bertz CT molecular complexity index is 510. The Labute approximate surface area is 119 Å². The van der Waals surface area contributed by atoms with Crippen LogP contribution in [0.4, 0.5) is 4.79 Å². The maximum absolute atomic E-state index is 12.3. The number of carbonyl (C=O) groups is 2. The Morgan fingerprint density at radius 1 is 1.45 bits per heavy atom. The van der Waals surface area contributed by atoms with Gasteiger partial charge in [0.05, 0.1) is 12.0 Å². The van der Waals surface area contributed by atoms with Gasteiger partial charge in [-0.3, -0.25) is 4.79 Å². The second kappa shape index (κ2) is 6.37. The average Bonchev–Trinajstić information content (AvgIpc) is 2.80. The van der Waals surface area contributed by atoms with Crippen LogP contribution in [0.5, 0.6) is 0 Å². The fraction of sp³-hybridized carbons (Fsp3) is 0.375. The summed E-state index contributed by atoms with van der Waals surface area (Å²) in [5.74, 6) is -0.518. The monoisotopic (exact) mass is 273 g/mol. The number of carbonyl (C=O) groups excluding carboxylic acids is 2. The van der Waals surface area contributed by atoms with Crippen molar-refractivity contribution >= 4 is 12.0 Å². The molecule has 106 valence electrons. The molecule has 0 spiro atoms. The van der Waals surface area contributed by atoms with Crippen molar-refractivity contribution in [3.63, 3.8) is 0 Å². The summed E-state index contributed by atoms with van der Waals surface area (Å²) in [4.78, 5) is 25.4. The summed E-state index contributed by atoms with van der Waals surface area (Å²) in [5.41, 5.74) is 1.09. The van der Waals surface area contributed by atoms with E-state index in [4.69, 9.17) is 4.74 Å². The number of amides is 2. The van der Waals surface area contributed by atoms with E-state index < -0.39 is 6.09 Å². The highest BCUT2D eigenvalue weighted by atomic mass is 16.6. The molecule has 0 aliphatic carbocycles. The topological polar surface area (TPSA) is 46.6 Å². The summed E-state index contributed by atoms with van der Waals surface area (Å²) in [6.07, 6.45) is 3.69. The van der Waals surface area contributed by atoms with Crippen molar-refractivity contribution in [3.05, 3.63) is 48.0 Å². The smallest absolute Gasteiger partial charge is 0.417 e. The standard InChI is InChI=1S/C16H19NO3/c1-3-7-12(2)15(18)17-14(11-20-16(17)19)10-13-8-5-4-6-9-13/h3-9,12,14H,10-11H2,1-2H3/b7-3-/t12?,14-/m0/s1. The molecule has 0 radical (unpaired) electrons. The van der Waals surface area contributed by atoms with E-state index in [2.05, 4.69) is 0 Å². The average molecular weight is 273 g/mol. The number of allylic oxidation sites excluding steroid dienone is 1. The normalized spacial score (nSPS) is 20.2. The second-order valence-corrected chi connectivity index (χ2v) is 4.94. The Morgan fingerprint density at radius 3 is 2.80 bits per heavy atom. The number of ether oxygens (including phenoxy) is 1. The molecule has 2 atom stereocenters. The molecule has 4 heteroatoms. The SMILES string of the molecule is C/C=C\C(C)C(=O)N1C(=O)OC[C@@H]1Cc1ccccc1. The van der Waals surface area contributed by atoms with Crippen molar-refractivity contribution in [2.75, 3.05) is 6.61 Å². The predicted molar refractivity (Wildman–Crippen MR) is 76.1 cm³/mol. The second-order valence-electron chi connectivity index (χ2n) is 4.94. The van der Waals surface area contributed by atoms with Crippen molar-refractivity contribution in [3.8, 4) is 0 Å². The summed E-state index contributed by atoms with van der Waals surface area (Å²) in [6, 6.07) is 9.59. The molecule has 1 heterocycles. The molecule has 0 aromatic heterocycles. The summed E-state index contributed by atoms with van der Waals surface area (Å²) in [5, 5.41) is 0. The van der Waals surface area contributed by atoms with Crippen molar-refractivity contribution in [1.82, 2.24) is 4.90 Å². The summed E-state index contributed by atoms with van der Waals surface area (Å²) in [7, 11) is 0. The van der Waals surface area contributed by atoms with Gasteiger partial charge in [-0.05, 0) is 18.9 Å². The number of rotatable bonds is 4. The van der Waals surface area contributed by atoms with Crippen LogP contribution in [0.2, 0.25) is 0 Å². The van der Waals surface area contributed by atoms with E-state index in [0.29, 0.717) is 6.42 Å². The minimum atomic E-state index is -0.535. The zero-order valence-electron chi connectivity index (χ0n) is 11.8. The molecular weight excluding hydrogens is 254 g/mol. The van der Waals surface area contributed by atoms with Gasteiger partial charge in [0.1, 0.15) is 6.61 Å². The zero-order chi connectivity index (χ0) is 14.5. The first kappa shape index (κ1) is 14.3. The molecule has 1 fully saturated rings. The van der Waals surface area contributed by atoms with E-state index in [1.165, 1.54) is 4.90 Å². The lowest BCUT2D eigenvalue weighted by atomic mass is 10.0. The predicted octanol–water partition coefficient (Wildman–Crippen LogP) is 2.79. The number of benzene rings is 1. The van der Waals surface area contributed by atoms with E-state index in [1.54, 1.807) is 13.0 Å². The Morgan fingerprint density at radius 2 is 2.15 bits per heavy atom. The summed E-state index contributed by atoms with van der Waals surface area (Å²) in [6.45, 7) is 3.91. The third-order valence-corrected chi connectivity index (χ3v) is 3.38. The van der Waals surface area contributed by atoms with Gasteiger partial charge in [-0.1, -0.05) is 49.4 Å². The quantitative estimate of drug-likeness (QED) is 0.792. The highest BCUT2D eigenvalue weighted by Crippen LogP contribution is 2.20. The maximum atomic E-state index is 12.3. The molecule has 1 aromatic rings. The first-order valence-corrected chi connectivity index (χ1v) is 6.80. The van der Waals surface area contributed by atoms with Gasteiger partial charge in [0.15, 0.2) is 0 Å². The minimum absolute atomic E-state index is 0.202. The van der Waals surface area contributed by atoms with Crippen LogP contribution in [0.15, 0.2) is 42.5 Å². The number of cyclic esters (lactones) is 1. The fourth-order valence-electron chi connectivity index (χ4n) is 2.36. The van der Waals surface area contributed by atoms with Crippen molar-refractivity contribution in [2.24, 2.45) is 5.92 Å². The van der Waals surface area contributed by atoms with Gasteiger partial charge in [-0.2, -0.15) is 0 Å². The van der Waals surface area contributed by atoms with Gasteiger partial charge in [0.2, 0.25) is 5.91 Å². The van der Waals surface area contributed by atoms with Crippen molar-refractivity contribution in [1.29, 1.82) is 0 Å². The van der Waals surface area contributed by atoms with Gasteiger partial charge in [-0.25, -0.2) is 9.69 Å². The molecule has 1 saturated heterocycles. The maximum Gasteiger partial charge on any atom is 0.417 e. The fourth-order valence-corrected chi connectivity index (χ4v) is 2.36. The number of nitrogens with zero attached hydrogens (tertiary/aromatic N) is 1. The Balaban J connectivity index is 2.12. The van der Waals surface area contributed by atoms with E-state index in [9.17, 15) is 9.59 Å². The highest BCUT2D eigenvalue weighted by molar-refractivity contribution is 5.95. The third kappa shape index (κ3) is 3.07. The Kier molecular flexibility index (Phi) is 4.56. The molecule has 0 N–H and O–H groups in total. The molecule has 1 aliphatic heterocycles. The molecule has 1 aliphatic rings. The number of imide groups is 1. The van der Waals surface area contributed by atoms with Crippen LogP contribution in [-0.2, 0) is 16.0 Å². The minimum Gasteiger partial charge on any atom is -0.447 e. The highest BCUT2D eigenvalue weighted by Gasteiger charge is 2.38. The van der Waals surface area contributed by atoms with Crippen molar-refractivity contribution < 1.29 is 14.3 Å². The molecule has 20 heavy (non-hydrogen) atoms. The molecular formula is C16H19NO3. The summed E-state index contributed by atoms with van der Waals surface area (Å²) < 4.78 is 5.04. The van der Waals surface area contributed by atoms with Gasteiger partial charge in [0, 0.05) is 0 Å². The van der Waals surface area contributed by atoms with Crippen LogP contribution in [0.1, 0.15) is 19.4 Å². The first-order chi connectivity index (χ1) is 9.63. The number of hydrogen-bond acceptors (Lipinski definition) is 3. The van der Waals surface area contributed by atoms with Crippen LogP contribution >= 0.6 is 0 Å². The molecule has 0 saturated carbocycles.